The lowest BCUT2D eigenvalue weighted by Crippen LogP contribution is -2.05. The van der Waals surface area contributed by atoms with E-state index in [4.69, 9.17) is 32.7 Å². The summed E-state index contributed by atoms with van der Waals surface area (Å²) >= 11 is 12.4. The number of nitrogens with zero attached hydrogens (tertiary/aromatic N) is 4. The minimum absolute atomic E-state index is 0.208. The van der Waals surface area contributed by atoms with Gasteiger partial charge >= 0.3 is 5.97 Å². The number of ether oxygens (including phenoxy) is 2. The smallest absolute Gasteiger partial charge is 0.356 e. The number of benzene rings is 3. The number of H-pyrrole nitrogens is 1. The van der Waals surface area contributed by atoms with E-state index in [0.29, 0.717) is 32.9 Å². The number of methoxy groups -OCH3 is 1. The van der Waals surface area contributed by atoms with Gasteiger partial charge in [0.2, 0.25) is 0 Å². The highest BCUT2D eigenvalue weighted by Gasteiger charge is 2.17. The third-order valence-corrected chi connectivity index (χ3v) is 6.93. The second-order valence-electron chi connectivity index (χ2n) is 8.48. The Labute approximate surface area is 226 Å². The van der Waals surface area contributed by atoms with Gasteiger partial charge in [0.25, 0.3) is 0 Å². The second kappa shape index (κ2) is 9.81. The van der Waals surface area contributed by atoms with E-state index in [1.807, 2.05) is 48.5 Å². The van der Waals surface area contributed by atoms with Crippen LogP contribution in [0.4, 0.5) is 0 Å². The van der Waals surface area contributed by atoms with Gasteiger partial charge in [0.1, 0.15) is 23.7 Å². The van der Waals surface area contributed by atoms with Gasteiger partial charge < -0.3 is 14.5 Å². The number of esters is 1. The Kier molecular flexibility index (Phi) is 6.19. The SMILES string of the molecule is COC(=O)c1cc2c([nH]c3ccccc32)c(-c2ccc(OCc3cn(-c4cccc(Cl)c4Cl)nn3)cc2)n1. The van der Waals surface area contributed by atoms with Crippen molar-refractivity contribution in [1.82, 2.24) is 25.0 Å². The molecule has 0 aliphatic rings. The largest absolute Gasteiger partial charge is 0.487 e. The van der Waals surface area contributed by atoms with Gasteiger partial charge in [-0.2, -0.15) is 0 Å². The molecule has 1 N–H and O–H groups in total. The fraction of sp³-hybridized carbons (Fsp3) is 0.0714. The monoisotopic (exact) mass is 543 g/mol. The number of rotatable bonds is 6. The quantitative estimate of drug-likeness (QED) is 0.237. The van der Waals surface area contributed by atoms with Gasteiger partial charge in [0.15, 0.2) is 0 Å². The van der Waals surface area contributed by atoms with E-state index >= 15 is 0 Å². The normalized spacial score (nSPS) is 11.2. The number of halogens is 2. The standard InChI is InChI=1S/C28H19Cl2N5O3/c1-37-28(36)23-13-20-19-5-2-3-7-22(19)31-27(20)26(32-23)16-9-11-18(12-10-16)38-15-17-14-35(34-33-17)24-8-4-6-21(29)25(24)30/h2-14,31H,15H2,1H3. The third-order valence-electron chi connectivity index (χ3n) is 6.12. The van der Waals surface area contributed by atoms with Crippen LogP contribution in [-0.4, -0.2) is 38.0 Å². The molecule has 0 fully saturated rings. The van der Waals surface area contributed by atoms with Crippen molar-refractivity contribution in [2.45, 2.75) is 6.61 Å². The Bertz CT molecular complexity index is 1810. The lowest BCUT2D eigenvalue weighted by Gasteiger charge is -2.08. The number of nitrogens with one attached hydrogen (secondary N) is 1. The maximum Gasteiger partial charge on any atom is 0.356 e. The van der Waals surface area contributed by atoms with Crippen LogP contribution < -0.4 is 4.74 Å². The van der Waals surface area contributed by atoms with Gasteiger partial charge in [0, 0.05) is 21.9 Å². The molecule has 0 atom stereocenters. The third kappa shape index (κ3) is 4.34. The Morgan fingerprint density at radius 2 is 1.82 bits per heavy atom. The Balaban J connectivity index is 1.27. The average molecular weight is 544 g/mol. The molecule has 8 nitrogen and oxygen atoms in total. The summed E-state index contributed by atoms with van der Waals surface area (Å²) in [6, 6.07) is 22.5. The van der Waals surface area contributed by atoms with E-state index in [1.54, 1.807) is 35.1 Å². The molecule has 0 radical (unpaired) electrons. The lowest BCUT2D eigenvalue weighted by molar-refractivity contribution is 0.0594. The number of fused-ring (bicyclic) bond motifs is 3. The first-order valence-electron chi connectivity index (χ1n) is 11.6. The predicted octanol–water partition coefficient (Wildman–Crippen LogP) is 6.64. The molecular formula is C28H19Cl2N5O3. The summed E-state index contributed by atoms with van der Waals surface area (Å²) < 4.78 is 12.4. The average Bonchev–Trinajstić information content (AvgIpc) is 3.57. The first-order valence-corrected chi connectivity index (χ1v) is 12.4. The van der Waals surface area contributed by atoms with Gasteiger partial charge in [-0.25, -0.2) is 14.5 Å². The number of para-hydroxylation sites is 1. The molecule has 0 aliphatic carbocycles. The molecule has 3 heterocycles. The number of hydrogen-bond acceptors (Lipinski definition) is 6. The predicted molar refractivity (Wildman–Crippen MR) is 146 cm³/mol. The van der Waals surface area contributed by atoms with Gasteiger partial charge in [-0.05, 0) is 48.5 Å². The zero-order valence-corrected chi connectivity index (χ0v) is 21.5. The van der Waals surface area contributed by atoms with Crippen LogP contribution in [0.3, 0.4) is 0 Å². The van der Waals surface area contributed by atoms with E-state index in [2.05, 4.69) is 20.3 Å². The number of pyridine rings is 1. The van der Waals surface area contributed by atoms with Crippen molar-refractivity contribution in [3.8, 4) is 22.7 Å². The minimum atomic E-state index is -0.495. The van der Waals surface area contributed by atoms with E-state index in [1.165, 1.54) is 7.11 Å². The highest BCUT2D eigenvalue weighted by Crippen LogP contribution is 2.33. The summed E-state index contributed by atoms with van der Waals surface area (Å²) in [4.78, 5) is 20.4. The highest BCUT2D eigenvalue weighted by molar-refractivity contribution is 6.43. The van der Waals surface area contributed by atoms with Gasteiger partial charge in [-0.3, -0.25) is 0 Å². The molecule has 6 aromatic rings. The van der Waals surface area contributed by atoms with Crippen molar-refractivity contribution >= 4 is 51.0 Å². The van der Waals surface area contributed by atoms with Crippen LogP contribution in [0.15, 0.2) is 79.0 Å². The maximum atomic E-state index is 12.4. The molecule has 188 valence electrons. The van der Waals surface area contributed by atoms with E-state index in [-0.39, 0.29) is 12.3 Å². The molecule has 10 heteroatoms. The minimum Gasteiger partial charge on any atom is -0.487 e. The molecule has 3 aromatic heterocycles. The molecule has 0 saturated carbocycles. The van der Waals surface area contributed by atoms with Crippen LogP contribution in [0.1, 0.15) is 16.2 Å². The summed E-state index contributed by atoms with van der Waals surface area (Å²) in [5.74, 6) is 0.145. The lowest BCUT2D eigenvalue weighted by atomic mass is 10.1. The Hall–Kier alpha value is -4.40. The van der Waals surface area contributed by atoms with Crippen LogP contribution in [0.5, 0.6) is 5.75 Å². The molecule has 0 unspecified atom stereocenters. The van der Waals surface area contributed by atoms with Gasteiger partial charge in [-0.1, -0.05) is 52.7 Å². The molecular weight excluding hydrogens is 525 g/mol. The summed E-state index contributed by atoms with van der Waals surface area (Å²) in [6.07, 6.45) is 1.74. The number of hydrogen-bond donors (Lipinski definition) is 1. The summed E-state index contributed by atoms with van der Waals surface area (Å²) in [5, 5.41) is 11.0. The van der Waals surface area contributed by atoms with Crippen molar-refractivity contribution in [3.63, 3.8) is 0 Å². The number of aromatic amines is 1. The molecule has 0 saturated heterocycles. The fourth-order valence-electron chi connectivity index (χ4n) is 4.28. The molecule has 0 bridgehead atoms. The summed E-state index contributed by atoms with van der Waals surface area (Å²) in [7, 11) is 1.34. The molecule has 0 spiro atoms. The summed E-state index contributed by atoms with van der Waals surface area (Å²) in [6.45, 7) is 0.208. The van der Waals surface area contributed by atoms with Gasteiger partial charge in [-0.15, -0.1) is 5.10 Å². The van der Waals surface area contributed by atoms with Crippen LogP contribution >= 0.6 is 23.2 Å². The fourth-order valence-corrected chi connectivity index (χ4v) is 4.66. The number of carbonyl (C=O) groups is 1. The Morgan fingerprint density at radius 3 is 2.63 bits per heavy atom. The molecule has 6 rings (SSSR count). The van der Waals surface area contributed by atoms with Crippen molar-refractivity contribution in [2.24, 2.45) is 0 Å². The molecule has 0 amide bonds. The van der Waals surface area contributed by atoms with E-state index in [9.17, 15) is 4.79 Å². The zero-order chi connectivity index (χ0) is 26.2. The first-order chi connectivity index (χ1) is 18.5. The van der Waals surface area contributed by atoms with Crippen molar-refractivity contribution in [1.29, 1.82) is 0 Å². The van der Waals surface area contributed by atoms with Crippen LogP contribution in [-0.2, 0) is 11.3 Å². The second-order valence-corrected chi connectivity index (χ2v) is 9.27. The van der Waals surface area contributed by atoms with Crippen LogP contribution in [0, 0.1) is 0 Å². The van der Waals surface area contributed by atoms with Crippen molar-refractivity contribution in [3.05, 3.63) is 100 Å². The number of carbonyl (C=O) groups excluding carboxylic acids is 1. The molecule has 0 aliphatic heterocycles. The summed E-state index contributed by atoms with van der Waals surface area (Å²) in [5.41, 5.74) is 4.75. The Morgan fingerprint density at radius 1 is 1.00 bits per heavy atom. The zero-order valence-electron chi connectivity index (χ0n) is 20.0. The topological polar surface area (TPSA) is 94.9 Å². The molecule has 3 aromatic carbocycles. The van der Waals surface area contributed by atoms with Crippen molar-refractivity contribution < 1.29 is 14.3 Å². The van der Waals surface area contributed by atoms with Crippen LogP contribution in [0.2, 0.25) is 10.0 Å². The van der Waals surface area contributed by atoms with E-state index in [0.717, 1.165) is 27.4 Å². The van der Waals surface area contributed by atoms with Crippen LogP contribution in [0.25, 0.3) is 38.8 Å². The van der Waals surface area contributed by atoms with E-state index < -0.39 is 5.97 Å². The maximum absolute atomic E-state index is 12.4. The highest BCUT2D eigenvalue weighted by atomic mass is 35.5. The number of aromatic nitrogens is 5. The van der Waals surface area contributed by atoms with Crippen molar-refractivity contribution in [2.75, 3.05) is 7.11 Å². The first kappa shape index (κ1) is 24.0. The van der Waals surface area contributed by atoms with Gasteiger partial charge in [0.05, 0.1) is 40.2 Å². The molecule has 38 heavy (non-hydrogen) atoms.